The van der Waals surface area contributed by atoms with Gasteiger partial charge in [0.2, 0.25) is 0 Å². The molecule has 0 aromatic heterocycles. The summed E-state index contributed by atoms with van der Waals surface area (Å²) in [5.41, 5.74) is 7.02. The Balaban J connectivity index is 1.80. The van der Waals surface area contributed by atoms with Crippen LogP contribution >= 0.6 is 0 Å². The molecule has 1 amide bonds. The lowest BCUT2D eigenvalue weighted by Gasteiger charge is -2.39. The Morgan fingerprint density at radius 1 is 1.27 bits per heavy atom. The Morgan fingerprint density at radius 2 is 2.03 bits per heavy atom. The Morgan fingerprint density at radius 3 is 2.73 bits per heavy atom. The topological polar surface area (TPSA) is 130 Å². The van der Waals surface area contributed by atoms with Crippen LogP contribution in [0.15, 0.2) is 35.1 Å². The number of fused-ring (bicyclic) bond motifs is 3. The van der Waals surface area contributed by atoms with Crippen LogP contribution in [0.3, 0.4) is 0 Å². The van der Waals surface area contributed by atoms with E-state index in [4.69, 9.17) is 5.73 Å². The van der Waals surface area contributed by atoms with Crippen molar-refractivity contribution in [2.45, 2.75) is 19.3 Å². The number of rotatable bonds is 2. The van der Waals surface area contributed by atoms with Gasteiger partial charge in [0.25, 0.3) is 5.91 Å². The number of aliphatic hydroxyl groups is 1. The van der Waals surface area contributed by atoms with Crippen LogP contribution in [0.2, 0.25) is 0 Å². The molecule has 3 aliphatic carbocycles. The van der Waals surface area contributed by atoms with E-state index >= 15 is 0 Å². The minimum absolute atomic E-state index is 0.100. The van der Waals surface area contributed by atoms with Crippen molar-refractivity contribution in [2.75, 3.05) is 13.6 Å². The largest absolute Gasteiger partial charge is 0.511 e. The molecule has 0 bridgehead atoms. The van der Waals surface area contributed by atoms with Gasteiger partial charge in [-0.3, -0.25) is 14.4 Å². The number of hydrogen-bond donors (Lipinski definition) is 4. The van der Waals surface area contributed by atoms with Gasteiger partial charge in [0.05, 0.1) is 12.1 Å². The summed E-state index contributed by atoms with van der Waals surface area (Å²) < 4.78 is 0. The van der Waals surface area contributed by atoms with Gasteiger partial charge in [-0.05, 0) is 49.4 Å². The Bertz CT molecular complexity index is 1100. The van der Waals surface area contributed by atoms with Gasteiger partial charge in [0.1, 0.15) is 17.1 Å². The van der Waals surface area contributed by atoms with E-state index in [2.05, 4.69) is 17.2 Å². The molecule has 4 rings (SSSR count). The van der Waals surface area contributed by atoms with Crippen LogP contribution in [0.4, 0.5) is 0 Å². The van der Waals surface area contributed by atoms with Crippen molar-refractivity contribution in [1.29, 1.82) is 0 Å². The molecule has 0 aliphatic heterocycles. The number of phenolic OH excluding ortho intramolecular Hbond substituents is 1. The number of carbonyl (C=O) groups excluding carboxylic acids is 3. The van der Waals surface area contributed by atoms with Crippen molar-refractivity contribution in [3.05, 3.63) is 51.8 Å². The maximum absolute atomic E-state index is 13.3. The molecule has 5 N–H and O–H groups in total. The second-order valence-corrected chi connectivity index (χ2v) is 7.94. The second kappa shape index (κ2) is 7.47. The molecule has 3 atom stereocenters. The average molecular weight is 406 g/mol. The fourth-order valence-electron chi connectivity index (χ4n) is 4.82. The summed E-state index contributed by atoms with van der Waals surface area (Å²) in [4.78, 5) is 37.2. The smallest absolute Gasteiger partial charge is 0.255 e. The number of Topliss-reactive ketones (excluding diaryl/α,β-unsaturated/α-hetero) is 2. The lowest BCUT2D eigenvalue weighted by Crippen LogP contribution is -2.39. The predicted molar refractivity (Wildman–Crippen MR) is 109 cm³/mol. The molecular formula is C23H22N2O5. The Hall–Kier alpha value is -3.37. The summed E-state index contributed by atoms with van der Waals surface area (Å²) in [6.45, 7) is 0.498. The normalized spacial score (nSPS) is 24.8. The number of phenols is 1. The molecule has 0 radical (unpaired) electrons. The molecule has 0 spiro atoms. The Kier molecular flexibility index (Phi) is 4.96. The summed E-state index contributed by atoms with van der Waals surface area (Å²) >= 11 is 0. The molecule has 30 heavy (non-hydrogen) atoms. The van der Waals surface area contributed by atoms with Crippen molar-refractivity contribution in [1.82, 2.24) is 5.32 Å². The summed E-state index contributed by atoms with van der Waals surface area (Å²) in [5, 5.41) is 23.8. The minimum Gasteiger partial charge on any atom is -0.511 e. The van der Waals surface area contributed by atoms with Crippen LogP contribution in [0, 0.1) is 29.6 Å². The standard InChI is InChI=1S/C23H22N2O5/c1-25-6-2-3-11-4-5-17(26)19-14(11)8-12-7-13-9-18(27)20(23(24)30)22(29)16(13)10-15(12)21(19)28/h4-5,10,12-13,16,25-26,29H,6-9H2,1H3,(H2,24,30). The van der Waals surface area contributed by atoms with Crippen molar-refractivity contribution in [2.24, 2.45) is 23.5 Å². The van der Waals surface area contributed by atoms with E-state index in [-0.39, 0.29) is 46.7 Å². The maximum Gasteiger partial charge on any atom is 0.255 e. The molecule has 1 aromatic carbocycles. The molecule has 3 aliphatic rings. The average Bonchev–Trinajstić information content (AvgIpc) is 2.68. The van der Waals surface area contributed by atoms with Gasteiger partial charge in [0.15, 0.2) is 11.6 Å². The molecular weight excluding hydrogens is 384 g/mol. The summed E-state index contributed by atoms with van der Waals surface area (Å²) in [5.74, 6) is 2.89. The molecule has 1 aromatic rings. The van der Waals surface area contributed by atoms with E-state index in [1.165, 1.54) is 6.07 Å². The number of hydrogen-bond acceptors (Lipinski definition) is 6. The van der Waals surface area contributed by atoms with Crippen molar-refractivity contribution in [3.63, 3.8) is 0 Å². The number of benzene rings is 1. The monoisotopic (exact) mass is 406 g/mol. The van der Waals surface area contributed by atoms with E-state index in [0.29, 0.717) is 36.1 Å². The quantitative estimate of drug-likeness (QED) is 0.431. The van der Waals surface area contributed by atoms with E-state index in [1.54, 1.807) is 19.2 Å². The van der Waals surface area contributed by atoms with Gasteiger partial charge >= 0.3 is 0 Å². The van der Waals surface area contributed by atoms with Crippen LogP contribution in [0.1, 0.15) is 34.3 Å². The molecule has 0 saturated carbocycles. The van der Waals surface area contributed by atoms with Crippen molar-refractivity contribution >= 4 is 17.5 Å². The van der Waals surface area contributed by atoms with E-state index in [0.717, 1.165) is 0 Å². The third-order valence-corrected chi connectivity index (χ3v) is 6.16. The lowest BCUT2D eigenvalue weighted by molar-refractivity contribution is -0.123. The predicted octanol–water partition coefficient (Wildman–Crippen LogP) is 1.15. The van der Waals surface area contributed by atoms with Crippen molar-refractivity contribution < 1.29 is 24.6 Å². The SMILES string of the molecule is CNCC#Cc1ccc(O)c2c1CC1CC3CC(=O)C(C(N)=O)=C(O)C3C=C1C2=O. The number of aliphatic hydroxyl groups excluding tert-OH is 1. The first-order valence-corrected chi connectivity index (χ1v) is 9.84. The highest BCUT2D eigenvalue weighted by Crippen LogP contribution is 2.47. The molecule has 0 saturated heterocycles. The van der Waals surface area contributed by atoms with E-state index in [9.17, 15) is 24.6 Å². The number of aromatic hydroxyl groups is 1. The fourth-order valence-corrected chi connectivity index (χ4v) is 4.82. The lowest BCUT2D eigenvalue weighted by atomic mass is 9.63. The number of nitrogens with one attached hydrogen (secondary N) is 1. The van der Waals surface area contributed by atoms with Gasteiger partial charge in [-0.25, -0.2) is 0 Å². The molecule has 154 valence electrons. The van der Waals surface area contributed by atoms with Gasteiger partial charge in [-0.2, -0.15) is 0 Å². The number of ketones is 2. The van der Waals surface area contributed by atoms with Crippen LogP contribution < -0.4 is 11.1 Å². The number of primary amides is 1. The zero-order valence-corrected chi connectivity index (χ0v) is 16.5. The first-order valence-electron chi connectivity index (χ1n) is 9.84. The fraction of sp³-hybridized carbons (Fsp3) is 0.348. The summed E-state index contributed by atoms with van der Waals surface area (Å²) in [6, 6.07) is 3.18. The highest BCUT2D eigenvalue weighted by Gasteiger charge is 2.45. The minimum atomic E-state index is -0.959. The van der Waals surface area contributed by atoms with Crippen LogP contribution in [-0.2, 0) is 16.0 Å². The zero-order valence-electron chi connectivity index (χ0n) is 16.5. The highest BCUT2D eigenvalue weighted by molar-refractivity contribution is 6.20. The third kappa shape index (κ3) is 3.10. The third-order valence-electron chi connectivity index (χ3n) is 6.16. The maximum atomic E-state index is 13.3. The van der Waals surface area contributed by atoms with Gasteiger partial charge in [-0.1, -0.05) is 17.9 Å². The molecule has 0 heterocycles. The first kappa shape index (κ1) is 19.9. The van der Waals surface area contributed by atoms with E-state index in [1.807, 2.05) is 0 Å². The summed E-state index contributed by atoms with van der Waals surface area (Å²) in [6.07, 6.45) is 2.77. The number of nitrogens with two attached hydrogens (primary N) is 1. The summed E-state index contributed by atoms with van der Waals surface area (Å²) in [7, 11) is 1.79. The first-order chi connectivity index (χ1) is 14.3. The van der Waals surface area contributed by atoms with E-state index < -0.39 is 17.6 Å². The Labute approximate surface area is 173 Å². The van der Waals surface area contributed by atoms with Crippen molar-refractivity contribution in [3.8, 4) is 17.6 Å². The van der Waals surface area contributed by atoms with Crippen LogP contribution in [-0.4, -0.2) is 41.3 Å². The highest BCUT2D eigenvalue weighted by atomic mass is 16.3. The van der Waals surface area contributed by atoms with Crippen LogP contribution in [0.5, 0.6) is 5.75 Å². The number of allylic oxidation sites excluding steroid dienone is 2. The zero-order chi connectivity index (χ0) is 21.6. The van der Waals surface area contributed by atoms with Gasteiger partial charge < -0.3 is 21.3 Å². The molecule has 0 fully saturated rings. The second-order valence-electron chi connectivity index (χ2n) is 7.94. The number of carbonyl (C=O) groups is 3. The number of amides is 1. The van der Waals surface area contributed by atoms with Gasteiger partial charge in [-0.15, -0.1) is 0 Å². The molecule has 3 unspecified atom stereocenters. The van der Waals surface area contributed by atoms with Crippen LogP contribution in [0.25, 0.3) is 0 Å². The molecule has 7 nitrogen and oxygen atoms in total. The van der Waals surface area contributed by atoms with Gasteiger partial charge in [0, 0.05) is 23.5 Å². The molecule has 7 heteroatoms.